The van der Waals surface area contributed by atoms with E-state index in [0.717, 1.165) is 11.6 Å². The van der Waals surface area contributed by atoms with Crippen LogP contribution < -0.4 is 10.6 Å². The molecule has 0 bridgehead atoms. The fraction of sp³-hybridized carbons (Fsp3) is 0.714. The zero-order valence-electron chi connectivity index (χ0n) is 11.3. The fourth-order valence-electron chi connectivity index (χ4n) is 2.95. The van der Waals surface area contributed by atoms with Crippen molar-refractivity contribution in [3.05, 3.63) is 11.9 Å². The van der Waals surface area contributed by atoms with Crippen molar-refractivity contribution in [1.82, 2.24) is 9.97 Å². The van der Waals surface area contributed by atoms with Crippen molar-refractivity contribution in [2.45, 2.75) is 50.5 Å². The molecule has 1 heterocycles. The molecule has 2 fully saturated rings. The number of rotatable bonds is 5. The second kappa shape index (κ2) is 5.33. The van der Waals surface area contributed by atoms with Crippen LogP contribution in [0.15, 0.2) is 6.07 Å². The van der Waals surface area contributed by atoms with Crippen LogP contribution in [-0.4, -0.2) is 34.3 Å². The van der Waals surface area contributed by atoms with Gasteiger partial charge in [-0.15, -0.1) is 0 Å². The van der Waals surface area contributed by atoms with Crippen molar-refractivity contribution in [3.8, 4) is 0 Å². The Bertz CT molecular complexity index is 441. The molecule has 1 aromatic rings. The Balaban J connectivity index is 1.87. The molecule has 0 amide bonds. The van der Waals surface area contributed by atoms with Gasteiger partial charge >= 0.3 is 0 Å². The molecule has 0 spiro atoms. The summed E-state index contributed by atoms with van der Waals surface area (Å²) in [5.41, 5.74) is 5.92. The minimum Gasteiger partial charge on any atom is -0.395 e. The third kappa shape index (κ3) is 2.81. The normalized spacial score (nSPS) is 19.8. The van der Waals surface area contributed by atoms with Gasteiger partial charge in [-0.1, -0.05) is 12.8 Å². The Kier molecular flexibility index (Phi) is 3.55. The summed E-state index contributed by atoms with van der Waals surface area (Å²) in [6, 6.07) is 2.34. The van der Waals surface area contributed by atoms with E-state index in [4.69, 9.17) is 5.73 Å². The number of aliphatic hydroxyl groups is 1. The van der Waals surface area contributed by atoms with Crippen molar-refractivity contribution in [2.24, 2.45) is 0 Å². The third-order valence-electron chi connectivity index (χ3n) is 4.09. The standard InChI is InChI=1S/C14H22N4O/c15-12-9-13(17-14(16-12)10-5-6-10)18(7-8-19)11-3-1-2-4-11/h9-11,19H,1-8H2,(H2,15,16,17). The highest BCUT2D eigenvalue weighted by Gasteiger charge is 2.29. The fourth-order valence-corrected chi connectivity index (χ4v) is 2.95. The molecule has 5 nitrogen and oxygen atoms in total. The molecule has 0 aromatic carbocycles. The zero-order valence-corrected chi connectivity index (χ0v) is 11.3. The lowest BCUT2D eigenvalue weighted by Gasteiger charge is -2.29. The van der Waals surface area contributed by atoms with E-state index in [9.17, 15) is 5.11 Å². The average molecular weight is 262 g/mol. The second-order valence-electron chi connectivity index (χ2n) is 5.64. The molecule has 0 saturated heterocycles. The first-order valence-electron chi connectivity index (χ1n) is 7.30. The third-order valence-corrected chi connectivity index (χ3v) is 4.09. The van der Waals surface area contributed by atoms with Gasteiger partial charge in [-0.2, -0.15) is 0 Å². The maximum Gasteiger partial charge on any atom is 0.136 e. The Morgan fingerprint density at radius 3 is 2.58 bits per heavy atom. The highest BCUT2D eigenvalue weighted by Crippen LogP contribution is 2.39. The van der Waals surface area contributed by atoms with E-state index in [0.29, 0.717) is 24.3 Å². The van der Waals surface area contributed by atoms with Gasteiger partial charge in [0.1, 0.15) is 17.5 Å². The quantitative estimate of drug-likeness (QED) is 0.844. The molecule has 0 radical (unpaired) electrons. The van der Waals surface area contributed by atoms with E-state index in [1.165, 1.54) is 38.5 Å². The van der Waals surface area contributed by atoms with E-state index in [1.54, 1.807) is 0 Å². The molecular weight excluding hydrogens is 240 g/mol. The molecule has 0 aliphatic heterocycles. The molecule has 2 aliphatic rings. The van der Waals surface area contributed by atoms with Crippen molar-refractivity contribution in [1.29, 1.82) is 0 Å². The van der Waals surface area contributed by atoms with Crippen molar-refractivity contribution < 1.29 is 5.11 Å². The molecule has 0 atom stereocenters. The maximum absolute atomic E-state index is 9.30. The molecule has 2 aliphatic carbocycles. The number of nitrogens with two attached hydrogens (primary N) is 1. The molecule has 1 aromatic heterocycles. The van der Waals surface area contributed by atoms with Gasteiger partial charge in [0.05, 0.1) is 6.61 Å². The first-order chi connectivity index (χ1) is 9.28. The van der Waals surface area contributed by atoms with Crippen LogP contribution >= 0.6 is 0 Å². The summed E-state index contributed by atoms with van der Waals surface area (Å²) in [4.78, 5) is 11.2. The van der Waals surface area contributed by atoms with E-state index in [1.807, 2.05) is 6.07 Å². The smallest absolute Gasteiger partial charge is 0.136 e. The lowest BCUT2D eigenvalue weighted by atomic mass is 10.2. The maximum atomic E-state index is 9.30. The summed E-state index contributed by atoms with van der Waals surface area (Å²) in [6.45, 7) is 0.782. The van der Waals surface area contributed by atoms with Crippen LogP contribution in [0.2, 0.25) is 0 Å². The molecule has 0 unspecified atom stereocenters. The number of nitrogen functional groups attached to an aromatic ring is 1. The predicted molar refractivity (Wildman–Crippen MR) is 75.1 cm³/mol. The molecule has 19 heavy (non-hydrogen) atoms. The van der Waals surface area contributed by atoms with Gasteiger partial charge in [-0.05, 0) is 25.7 Å². The predicted octanol–water partition coefficient (Wildman–Crippen LogP) is 1.68. The van der Waals surface area contributed by atoms with Gasteiger partial charge in [0, 0.05) is 24.6 Å². The summed E-state index contributed by atoms with van der Waals surface area (Å²) >= 11 is 0. The van der Waals surface area contributed by atoms with E-state index < -0.39 is 0 Å². The summed E-state index contributed by atoms with van der Waals surface area (Å²) < 4.78 is 0. The van der Waals surface area contributed by atoms with Gasteiger partial charge < -0.3 is 15.7 Å². The molecule has 2 saturated carbocycles. The Morgan fingerprint density at radius 2 is 1.95 bits per heavy atom. The zero-order chi connectivity index (χ0) is 13.2. The summed E-state index contributed by atoms with van der Waals surface area (Å²) in [5.74, 6) is 2.83. The van der Waals surface area contributed by atoms with Crippen LogP contribution in [0.25, 0.3) is 0 Å². The van der Waals surface area contributed by atoms with Gasteiger partial charge in [-0.25, -0.2) is 9.97 Å². The molecule has 3 N–H and O–H groups in total. The highest BCUT2D eigenvalue weighted by atomic mass is 16.3. The van der Waals surface area contributed by atoms with Crippen molar-refractivity contribution in [2.75, 3.05) is 23.8 Å². The summed E-state index contributed by atoms with van der Waals surface area (Å²) in [5, 5.41) is 9.30. The summed E-state index contributed by atoms with van der Waals surface area (Å²) in [6.07, 6.45) is 7.25. The van der Waals surface area contributed by atoms with Gasteiger partial charge in [-0.3, -0.25) is 0 Å². The SMILES string of the molecule is Nc1cc(N(CCO)C2CCCC2)nc(C2CC2)n1. The van der Waals surface area contributed by atoms with Gasteiger partial charge in [0.15, 0.2) is 0 Å². The minimum absolute atomic E-state index is 0.152. The number of aromatic nitrogens is 2. The first kappa shape index (κ1) is 12.7. The first-order valence-corrected chi connectivity index (χ1v) is 7.30. The largest absolute Gasteiger partial charge is 0.395 e. The second-order valence-corrected chi connectivity index (χ2v) is 5.64. The van der Waals surface area contributed by atoms with Crippen LogP contribution in [0.5, 0.6) is 0 Å². The van der Waals surface area contributed by atoms with Crippen LogP contribution in [0.4, 0.5) is 11.6 Å². The van der Waals surface area contributed by atoms with E-state index >= 15 is 0 Å². The highest BCUT2D eigenvalue weighted by molar-refractivity contribution is 5.48. The number of hydrogen-bond acceptors (Lipinski definition) is 5. The Hall–Kier alpha value is -1.36. The monoisotopic (exact) mass is 262 g/mol. The van der Waals surface area contributed by atoms with Crippen LogP contribution in [0.1, 0.15) is 50.3 Å². The van der Waals surface area contributed by atoms with E-state index in [2.05, 4.69) is 14.9 Å². The molecule has 104 valence electrons. The lowest BCUT2D eigenvalue weighted by Crippen LogP contribution is -2.36. The van der Waals surface area contributed by atoms with Crippen LogP contribution in [-0.2, 0) is 0 Å². The average Bonchev–Trinajstić information content (AvgIpc) is 3.12. The van der Waals surface area contributed by atoms with Crippen molar-refractivity contribution >= 4 is 11.6 Å². The molecular formula is C14H22N4O. The minimum atomic E-state index is 0.152. The van der Waals surface area contributed by atoms with Gasteiger partial charge in [0.25, 0.3) is 0 Å². The van der Waals surface area contributed by atoms with Crippen LogP contribution in [0.3, 0.4) is 0 Å². The Labute approximate surface area is 113 Å². The molecule has 5 heteroatoms. The van der Waals surface area contributed by atoms with Crippen molar-refractivity contribution in [3.63, 3.8) is 0 Å². The molecule has 3 rings (SSSR count). The Morgan fingerprint density at radius 1 is 1.21 bits per heavy atom. The number of aliphatic hydroxyl groups excluding tert-OH is 1. The number of nitrogens with zero attached hydrogens (tertiary/aromatic N) is 3. The number of anilines is 2. The number of hydrogen-bond donors (Lipinski definition) is 2. The van der Waals surface area contributed by atoms with Crippen LogP contribution in [0, 0.1) is 0 Å². The van der Waals surface area contributed by atoms with E-state index in [-0.39, 0.29) is 6.61 Å². The van der Waals surface area contributed by atoms with Gasteiger partial charge in [0.2, 0.25) is 0 Å². The lowest BCUT2D eigenvalue weighted by molar-refractivity contribution is 0.296. The topological polar surface area (TPSA) is 75.3 Å². The summed E-state index contributed by atoms with van der Waals surface area (Å²) in [7, 11) is 0.